The van der Waals surface area contributed by atoms with E-state index >= 15 is 0 Å². The number of nitrogens with zero attached hydrogens (tertiary/aromatic N) is 3. The molecule has 0 spiro atoms. The van der Waals surface area contributed by atoms with E-state index in [-0.39, 0.29) is 11.8 Å². The highest BCUT2D eigenvalue weighted by molar-refractivity contribution is 5.77. The van der Waals surface area contributed by atoms with Crippen LogP contribution in [0.3, 0.4) is 0 Å². The highest BCUT2D eigenvalue weighted by atomic mass is 16.5. The van der Waals surface area contributed by atoms with E-state index in [0.717, 1.165) is 30.8 Å². The molecule has 0 radical (unpaired) electrons. The molecule has 0 bridgehead atoms. The Hall–Kier alpha value is -3.26. The zero-order valence-electron chi connectivity index (χ0n) is 21.0. The molecule has 0 aromatic heterocycles. The first-order valence-corrected chi connectivity index (χ1v) is 12.5. The minimum absolute atomic E-state index is 0.0379. The van der Waals surface area contributed by atoms with Gasteiger partial charge in [-0.2, -0.15) is 0 Å². The maximum atomic E-state index is 12.4. The average Bonchev–Trinajstić information content (AvgIpc) is 3.27. The van der Waals surface area contributed by atoms with Gasteiger partial charge in [-0.1, -0.05) is 28.9 Å². The standard InChI is InChI=1S/C27H36N4O5/c1-21-3-7-24(8-4-21)35-13-2-14-36-25-9-10-26-22(19-25)5-6-23(26)20-27(32)29-11-15-33-17-18-34-16-12-30-31-28/h3-4,7-10,19,23H,2,5-6,11-18,20H2,1H3,(H,29,32)/t23-/m0/s1. The third-order valence-electron chi connectivity index (χ3n) is 5.93. The van der Waals surface area contributed by atoms with Crippen molar-refractivity contribution in [3.8, 4) is 11.5 Å². The Balaban J connectivity index is 1.27. The Morgan fingerprint density at radius 3 is 2.50 bits per heavy atom. The summed E-state index contributed by atoms with van der Waals surface area (Å²) in [6, 6.07) is 14.3. The molecule has 0 heterocycles. The summed E-state index contributed by atoms with van der Waals surface area (Å²) in [5.41, 5.74) is 11.9. The molecule has 0 fully saturated rings. The molecule has 9 nitrogen and oxygen atoms in total. The minimum atomic E-state index is 0.0379. The van der Waals surface area contributed by atoms with Crippen LogP contribution >= 0.6 is 0 Å². The lowest BCUT2D eigenvalue weighted by Crippen LogP contribution is -2.28. The van der Waals surface area contributed by atoms with E-state index in [9.17, 15) is 4.79 Å². The van der Waals surface area contributed by atoms with E-state index in [0.29, 0.717) is 59.2 Å². The summed E-state index contributed by atoms with van der Waals surface area (Å²) < 4.78 is 22.4. The SMILES string of the molecule is Cc1ccc(OCCCOc2ccc3c(c2)CC[C@H]3CC(=O)NCCOCCOCCN=[N+]=[N-])cc1. The van der Waals surface area contributed by atoms with E-state index in [1.165, 1.54) is 16.7 Å². The van der Waals surface area contributed by atoms with Crippen LogP contribution in [0.5, 0.6) is 11.5 Å². The van der Waals surface area contributed by atoms with Crippen LogP contribution in [0.4, 0.5) is 0 Å². The number of carbonyl (C=O) groups excluding carboxylic acids is 1. The molecule has 194 valence electrons. The molecule has 3 rings (SSSR count). The van der Waals surface area contributed by atoms with E-state index in [2.05, 4.69) is 34.4 Å². The highest BCUT2D eigenvalue weighted by Gasteiger charge is 2.25. The van der Waals surface area contributed by atoms with Crippen LogP contribution in [0.15, 0.2) is 47.6 Å². The number of fused-ring (bicyclic) bond motifs is 1. The van der Waals surface area contributed by atoms with Gasteiger partial charge in [0.05, 0.1) is 39.6 Å². The molecule has 1 N–H and O–H groups in total. The number of nitrogens with one attached hydrogen (secondary N) is 1. The molecule has 1 aliphatic rings. The fraction of sp³-hybridized carbons (Fsp3) is 0.519. The van der Waals surface area contributed by atoms with Gasteiger partial charge in [-0.3, -0.25) is 4.79 Å². The van der Waals surface area contributed by atoms with Crippen LogP contribution in [0.1, 0.15) is 41.9 Å². The number of hydrogen-bond acceptors (Lipinski definition) is 6. The fourth-order valence-electron chi connectivity index (χ4n) is 4.09. The van der Waals surface area contributed by atoms with Crippen LogP contribution in [0, 0.1) is 6.92 Å². The Kier molecular flexibility index (Phi) is 11.9. The molecule has 0 aliphatic heterocycles. The molecular weight excluding hydrogens is 460 g/mol. The van der Waals surface area contributed by atoms with Crippen molar-refractivity contribution < 1.29 is 23.7 Å². The third kappa shape index (κ3) is 9.77. The van der Waals surface area contributed by atoms with Crippen molar-refractivity contribution in [2.75, 3.05) is 52.7 Å². The Labute approximate surface area is 212 Å². The van der Waals surface area contributed by atoms with Gasteiger partial charge in [-0.05, 0) is 66.6 Å². The molecule has 2 aromatic rings. The summed E-state index contributed by atoms with van der Waals surface area (Å²) in [4.78, 5) is 15.0. The average molecular weight is 497 g/mol. The van der Waals surface area contributed by atoms with Crippen molar-refractivity contribution in [1.82, 2.24) is 5.32 Å². The number of benzene rings is 2. The van der Waals surface area contributed by atoms with Gasteiger partial charge in [-0.25, -0.2) is 0 Å². The lowest BCUT2D eigenvalue weighted by Gasteiger charge is -2.13. The van der Waals surface area contributed by atoms with Crippen LogP contribution in [-0.2, 0) is 20.7 Å². The van der Waals surface area contributed by atoms with Crippen molar-refractivity contribution in [1.29, 1.82) is 0 Å². The van der Waals surface area contributed by atoms with E-state index < -0.39 is 0 Å². The molecule has 9 heteroatoms. The lowest BCUT2D eigenvalue weighted by atomic mass is 9.97. The topological polar surface area (TPSA) is 115 Å². The molecule has 1 aliphatic carbocycles. The lowest BCUT2D eigenvalue weighted by molar-refractivity contribution is -0.121. The largest absolute Gasteiger partial charge is 0.493 e. The third-order valence-corrected chi connectivity index (χ3v) is 5.93. The van der Waals surface area contributed by atoms with Crippen LogP contribution in [0.2, 0.25) is 0 Å². The number of hydrogen-bond donors (Lipinski definition) is 1. The monoisotopic (exact) mass is 496 g/mol. The highest BCUT2D eigenvalue weighted by Crippen LogP contribution is 2.37. The van der Waals surface area contributed by atoms with Crippen molar-refractivity contribution in [2.24, 2.45) is 5.11 Å². The second-order valence-electron chi connectivity index (χ2n) is 8.69. The quantitative estimate of drug-likeness (QED) is 0.147. The first-order valence-electron chi connectivity index (χ1n) is 12.5. The van der Waals surface area contributed by atoms with Crippen LogP contribution in [0.25, 0.3) is 10.4 Å². The van der Waals surface area contributed by atoms with Crippen LogP contribution in [-0.4, -0.2) is 58.6 Å². The van der Waals surface area contributed by atoms with E-state index in [4.69, 9.17) is 24.5 Å². The number of azide groups is 1. The van der Waals surface area contributed by atoms with Gasteiger partial charge in [-0.15, -0.1) is 0 Å². The molecule has 1 atom stereocenters. The first-order chi connectivity index (χ1) is 17.7. The number of aryl methyl sites for hydroxylation is 2. The summed E-state index contributed by atoms with van der Waals surface area (Å²) in [6.07, 6.45) is 3.22. The molecule has 0 saturated carbocycles. The fourth-order valence-corrected chi connectivity index (χ4v) is 4.09. The number of ether oxygens (including phenoxy) is 4. The zero-order chi connectivity index (χ0) is 25.4. The van der Waals surface area contributed by atoms with Crippen molar-refractivity contribution >= 4 is 5.91 Å². The summed E-state index contributed by atoms with van der Waals surface area (Å²) in [5.74, 6) is 2.03. The minimum Gasteiger partial charge on any atom is -0.493 e. The molecule has 36 heavy (non-hydrogen) atoms. The summed E-state index contributed by atoms with van der Waals surface area (Å²) >= 11 is 0. The number of amides is 1. The van der Waals surface area contributed by atoms with E-state index in [1.54, 1.807) is 0 Å². The van der Waals surface area contributed by atoms with Crippen molar-refractivity contribution in [2.45, 2.75) is 38.5 Å². The van der Waals surface area contributed by atoms with E-state index in [1.807, 2.05) is 30.3 Å². The predicted molar refractivity (Wildman–Crippen MR) is 138 cm³/mol. The maximum absolute atomic E-state index is 12.4. The Morgan fingerprint density at radius 2 is 1.72 bits per heavy atom. The molecular formula is C27H36N4O5. The van der Waals surface area contributed by atoms with Crippen LogP contribution < -0.4 is 14.8 Å². The summed E-state index contributed by atoms with van der Waals surface area (Å²) in [5, 5.41) is 6.31. The normalized spacial score (nSPS) is 14.1. The number of rotatable bonds is 17. The smallest absolute Gasteiger partial charge is 0.220 e. The second kappa shape index (κ2) is 15.7. The maximum Gasteiger partial charge on any atom is 0.220 e. The first kappa shape index (κ1) is 27.3. The summed E-state index contributed by atoms with van der Waals surface area (Å²) in [6.45, 7) is 5.73. The van der Waals surface area contributed by atoms with Gasteiger partial charge in [0.25, 0.3) is 0 Å². The molecule has 0 unspecified atom stereocenters. The second-order valence-corrected chi connectivity index (χ2v) is 8.69. The van der Waals surface area contributed by atoms with Gasteiger partial charge in [0, 0.05) is 30.8 Å². The van der Waals surface area contributed by atoms with Crippen molar-refractivity contribution in [3.63, 3.8) is 0 Å². The van der Waals surface area contributed by atoms with Gasteiger partial charge < -0.3 is 24.3 Å². The zero-order valence-corrected chi connectivity index (χ0v) is 21.0. The number of carbonyl (C=O) groups is 1. The molecule has 1 amide bonds. The van der Waals surface area contributed by atoms with Gasteiger partial charge in [0.2, 0.25) is 5.91 Å². The molecule has 0 saturated heterocycles. The Morgan fingerprint density at radius 1 is 1.00 bits per heavy atom. The van der Waals surface area contributed by atoms with Gasteiger partial charge in [0.1, 0.15) is 11.5 Å². The van der Waals surface area contributed by atoms with Crippen molar-refractivity contribution in [3.05, 3.63) is 69.6 Å². The summed E-state index contributed by atoms with van der Waals surface area (Å²) in [7, 11) is 0. The molecule has 2 aromatic carbocycles. The predicted octanol–water partition coefficient (Wildman–Crippen LogP) is 4.72. The van der Waals surface area contributed by atoms with Gasteiger partial charge >= 0.3 is 0 Å². The Bertz CT molecular complexity index is 992. The van der Waals surface area contributed by atoms with Gasteiger partial charge in [0.15, 0.2) is 0 Å².